The third-order valence-corrected chi connectivity index (χ3v) is 4.11. The molecule has 1 N–H and O–H groups in total. The lowest BCUT2D eigenvalue weighted by molar-refractivity contribution is 0.0673. The zero-order valence-corrected chi connectivity index (χ0v) is 14.3. The molecule has 6 heteroatoms. The Morgan fingerprint density at radius 3 is 2.65 bits per heavy atom. The summed E-state index contributed by atoms with van der Waals surface area (Å²) in [6.45, 7) is 10.8. The summed E-state index contributed by atoms with van der Waals surface area (Å²) in [5.74, 6) is 0.557. The van der Waals surface area contributed by atoms with Gasteiger partial charge in [0.15, 0.2) is 5.65 Å². The summed E-state index contributed by atoms with van der Waals surface area (Å²) in [6.07, 6.45) is 3.48. The average Bonchev–Trinajstić information content (AvgIpc) is 2.87. The van der Waals surface area contributed by atoms with Gasteiger partial charge in [-0.05, 0) is 25.8 Å². The number of carbonyl (C=O) groups is 1. The quantitative estimate of drug-likeness (QED) is 0.940. The smallest absolute Gasteiger partial charge is 0.255 e. The van der Waals surface area contributed by atoms with Crippen LogP contribution in [0.5, 0.6) is 0 Å². The van der Waals surface area contributed by atoms with Crippen molar-refractivity contribution >= 4 is 16.9 Å². The largest absolute Gasteiger partial charge is 0.335 e. The Morgan fingerprint density at radius 2 is 2.00 bits per heavy atom. The molecule has 3 heterocycles. The highest BCUT2D eigenvalue weighted by Crippen LogP contribution is 2.17. The highest BCUT2D eigenvalue weighted by atomic mass is 16.2. The normalized spacial score (nSPS) is 22.0. The van der Waals surface area contributed by atoms with Crippen LogP contribution in [0.4, 0.5) is 0 Å². The molecule has 0 aliphatic carbocycles. The summed E-state index contributed by atoms with van der Waals surface area (Å²) in [5, 5.41) is 8.76. The van der Waals surface area contributed by atoms with Crippen LogP contribution >= 0.6 is 0 Å². The van der Waals surface area contributed by atoms with E-state index in [2.05, 4.69) is 43.1 Å². The average molecular weight is 315 g/mol. The molecule has 2 aromatic heterocycles. The Morgan fingerprint density at radius 1 is 1.30 bits per heavy atom. The standard InChI is InChI=1S/C17H25N5O/c1-11(2)8-22-16-14(7-19-22)5-15(6-18-16)17(23)21-9-12(3)20-13(4)10-21/h5-7,11-13,20H,8-10H2,1-4H3. The van der Waals surface area contributed by atoms with Gasteiger partial charge in [0.2, 0.25) is 0 Å². The number of hydrogen-bond donors (Lipinski definition) is 1. The maximum atomic E-state index is 12.8. The summed E-state index contributed by atoms with van der Waals surface area (Å²) < 4.78 is 1.91. The fraction of sp³-hybridized carbons (Fsp3) is 0.588. The van der Waals surface area contributed by atoms with Crippen molar-refractivity contribution in [3.05, 3.63) is 24.0 Å². The predicted molar refractivity (Wildman–Crippen MR) is 90.3 cm³/mol. The summed E-state index contributed by atoms with van der Waals surface area (Å²) in [6, 6.07) is 2.53. The van der Waals surface area contributed by atoms with Crippen molar-refractivity contribution in [1.29, 1.82) is 0 Å². The van der Waals surface area contributed by atoms with E-state index in [0.29, 0.717) is 23.6 Å². The summed E-state index contributed by atoms with van der Waals surface area (Å²) in [7, 11) is 0. The molecule has 2 atom stereocenters. The molecule has 0 bridgehead atoms. The van der Waals surface area contributed by atoms with Crippen molar-refractivity contribution in [2.45, 2.75) is 46.3 Å². The highest BCUT2D eigenvalue weighted by Gasteiger charge is 2.26. The minimum atomic E-state index is 0.0520. The van der Waals surface area contributed by atoms with Crippen LogP contribution in [0.25, 0.3) is 11.0 Å². The zero-order chi connectivity index (χ0) is 16.6. The number of nitrogens with one attached hydrogen (secondary N) is 1. The Balaban J connectivity index is 1.84. The van der Waals surface area contributed by atoms with Gasteiger partial charge >= 0.3 is 0 Å². The molecule has 1 saturated heterocycles. The molecule has 2 unspecified atom stereocenters. The Bertz CT molecular complexity index is 698. The van der Waals surface area contributed by atoms with Gasteiger partial charge in [-0.3, -0.25) is 4.79 Å². The van der Waals surface area contributed by atoms with Gasteiger partial charge in [-0.1, -0.05) is 13.8 Å². The van der Waals surface area contributed by atoms with E-state index in [4.69, 9.17) is 0 Å². The minimum Gasteiger partial charge on any atom is -0.335 e. The predicted octanol–water partition coefficient (Wildman–Crippen LogP) is 1.91. The van der Waals surface area contributed by atoms with Crippen LogP contribution in [0, 0.1) is 5.92 Å². The number of nitrogens with zero attached hydrogens (tertiary/aromatic N) is 4. The number of pyridine rings is 1. The third kappa shape index (κ3) is 3.37. The summed E-state index contributed by atoms with van der Waals surface area (Å²) in [4.78, 5) is 19.1. The number of amides is 1. The van der Waals surface area contributed by atoms with Gasteiger partial charge in [0.25, 0.3) is 5.91 Å². The molecule has 3 rings (SSSR count). The molecule has 23 heavy (non-hydrogen) atoms. The van der Waals surface area contributed by atoms with Gasteiger partial charge in [0.1, 0.15) is 0 Å². The van der Waals surface area contributed by atoms with Crippen molar-refractivity contribution in [3.8, 4) is 0 Å². The van der Waals surface area contributed by atoms with Crippen LogP contribution in [0.3, 0.4) is 0 Å². The molecular weight excluding hydrogens is 290 g/mol. The fourth-order valence-corrected chi connectivity index (χ4v) is 3.24. The lowest BCUT2D eigenvalue weighted by Gasteiger charge is -2.36. The molecular formula is C17H25N5O. The number of hydrogen-bond acceptors (Lipinski definition) is 4. The van der Waals surface area contributed by atoms with Crippen LogP contribution in [0.2, 0.25) is 0 Å². The second kappa shape index (κ2) is 6.28. The van der Waals surface area contributed by atoms with Gasteiger partial charge in [-0.25, -0.2) is 9.67 Å². The van der Waals surface area contributed by atoms with Crippen LogP contribution in [0.1, 0.15) is 38.1 Å². The topological polar surface area (TPSA) is 63.1 Å². The second-order valence-electron chi connectivity index (χ2n) is 7.04. The molecule has 1 aliphatic rings. The number of piperazine rings is 1. The van der Waals surface area contributed by atoms with Gasteiger partial charge in [0, 0.05) is 43.3 Å². The van der Waals surface area contributed by atoms with E-state index < -0.39 is 0 Å². The van der Waals surface area contributed by atoms with E-state index in [1.165, 1.54) is 0 Å². The van der Waals surface area contributed by atoms with Crippen molar-refractivity contribution in [2.75, 3.05) is 13.1 Å². The first kappa shape index (κ1) is 15.9. The van der Waals surface area contributed by atoms with Crippen molar-refractivity contribution < 1.29 is 4.79 Å². The summed E-state index contributed by atoms with van der Waals surface area (Å²) >= 11 is 0. The molecule has 1 fully saturated rings. The Labute approximate surface area is 136 Å². The van der Waals surface area contributed by atoms with Crippen LogP contribution < -0.4 is 5.32 Å². The van der Waals surface area contributed by atoms with E-state index in [1.807, 2.05) is 15.6 Å². The van der Waals surface area contributed by atoms with E-state index in [-0.39, 0.29) is 5.91 Å². The van der Waals surface area contributed by atoms with Crippen LogP contribution in [-0.4, -0.2) is 50.7 Å². The van der Waals surface area contributed by atoms with E-state index >= 15 is 0 Å². The van der Waals surface area contributed by atoms with E-state index in [9.17, 15) is 4.79 Å². The highest BCUT2D eigenvalue weighted by molar-refractivity contribution is 5.97. The number of fused-ring (bicyclic) bond motifs is 1. The molecule has 2 aromatic rings. The van der Waals surface area contributed by atoms with Gasteiger partial charge < -0.3 is 10.2 Å². The van der Waals surface area contributed by atoms with Gasteiger partial charge in [-0.2, -0.15) is 5.10 Å². The minimum absolute atomic E-state index is 0.0520. The van der Waals surface area contributed by atoms with E-state index in [1.54, 1.807) is 12.4 Å². The number of carbonyl (C=O) groups excluding carboxylic acids is 1. The lowest BCUT2D eigenvalue weighted by atomic mass is 10.1. The molecule has 0 radical (unpaired) electrons. The number of rotatable bonds is 3. The Hall–Kier alpha value is -1.95. The van der Waals surface area contributed by atoms with Gasteiger partial charge in [0.05, 0.1) is 11.8 Å². The summed E-state index contributed by atoms with van der Waals surface area (Å²) in [5.41, 5.74) is 1.49. The maximum Gasteiger partial charge on any atom is 0.255 e. The molecule has 1 amide bonds. The Kier molecular flexibility index (Phi) is 4.35. The van der Waals surface area contributed by atoms with Crippen LogP contribution in [0.15, 0.2) is 18.5 Å². The second-order valence-corrected chi connectivity index (χ2v) is 7.04. The van der Waals surface area contributed by atoms with E-state index in [0.717, 1.165) is 30.7 Å². The molecule has 0 spiro atoms. The first-order valence-electron chi connectivity index (χ1n) is 8.31. The monoisotopic (exact) mass is 315 g/mol. The number of aromatic nitrogens is 3. The molecule has 0 saturated carbocycles. The third-order valence-electron chi connectivity index (χ3n) is 4.11. The SMILES string of the molecule is CC(C)Cn1ncc2cc(C(=O)N3CC(C)NC(C)C3)cnc21. The van der Waals surface area contributed by atoms with Crippen molar-refractivity contribution in [3.63, 3.8) is 0 Å². The lowest BCUT2D eigenvalue weighted by Crippen LogP contribution is -2.55. The first-order valence-corrected chi connectivity index (χ1v) is 8.31. The fourth-order valence-electron chi connectivity index (χ4n) is 3.24. The first-order chi connectivity index (χ1) is 10.9. The zero-order valence-electron chi connectivity index (χ0n) is 14.3. The molecule has 124 valence electrons. The van der Waals surface area contributed by atoms with Crippen molar-refractivity contribution in [1.82, 2.24) is 25.0 Å². The van der Waals surface area contributed by atoms with Gasteiger partial charge in [-0.15, -0.1) is 0 Å². The maximum absolute atomic E-state index is 12.8. The van der Waals surface area contributed by atoms with Crippen LogP contribution in [-0.2, 0) is 6.54 Å². The molecule has 0 aromatic carbocycles. The van der Waals surface area contributed by atoms with Crippen molar-refractivity contribution in [2.24, 2.45) is 5.92 Å². The molecule has 6 nitrogen and oxygen atoms in total. The molecule has 1 aliphatic heterocycles.